The molecule has 8 heteroatoms. The summed E-state index contributed by atoms with van der Waals surface area (Å²) in [5, 5.41) is 0.111. The van der Waals surface area contributed by atoms with Gasteiger partial charge in [-0.05, 0) is 42.1 Å². The third-order valence-electron chi connectivity index (χ3n) is 4.71. The number of halogens is 4. The third-order valence-corrected chi connectivity index (χ3v) is 4.71. The zero-order valence-electron chi connectivity index (χ0n) is 15.0. The molecule has 146 valence electrons. The van der Waals surface area contributed by atoms with Crippen molar-refractivity contribution in [3.8, 4) is 0 Å². The summed E-state index contributed by atoms with van der Waals surface area (Å²) < 4.78 is 53.0. The number of alkyl halides is 2. The highest BCUT2D eigenvalue weighted by Crippen LogP contribution is 2.28. The summed E-state index contributed by atoms with van der Waals surface area (Å²) in [6.45, 7) is 1.63. The Balaban J connectivity index is 2.02. The monoisotopic (exact) mass is 392 g/mol. The van der Waals surface area contributed by atoms with E-state index in [1.165, 1.54) is 36.3 Å². The summed E-state index contributed by atoms with van der Waals surface area (Å²) >= 11 is 0. The second-order valence-corrected chi connectivity index (χ2v) is 6.40. The molecular formula is C20H16F4N2O2. The number of fused-ring (bicyclic) bond motifs is 1. The SMILES string of the molecule is C[C@H](c1c[nH]c(=O)c2cc(F)c(F)cc12)N(C)C(=O)c1cccc(C(F)F)c1. The van der Waals surface area contributed by atoms with Gasteiger partial charge in [0.15, 0.2) is 11.6 Å². The molecule has 0 saturated heterocycles. The van der Waals surface area contributed by atoms with Crippen LogP contribution >= 0.6 is 0 Å². The number of hydrogen-bond acceptors (Lipinski definition) is 2. The van der Waals surface area contributed by atoms with Crippen LogP contribution in [0.1, 0.15) is 40.9 Å². The van der Waals surface area contributed by atoms with Crippen molar-refractivity contribution in [2.24, 2.45) is 0 Å². The van der Waals surface area contributed by atoms with Crippen LogP contribution in [0.3, 0.4) is 0 Å². The predicted octanol–water partition coefficient (Wildman–Crippen LogP) is 4.58. The third kappa shape index (κ3) is 3.49. The van der Waals surface area contributed by atoms with Gasteiger partial charge in [-0.25, -0.2) is 17.6 Å². The second kappa shape index (κ2) is 7.46. The van der Waals surface area contributed by atoms with Gasteiger partial charge in [-0.15, -0.1) is 0 Å². The molecule has 1 atom stereocenters. The normalized spacial score (nSPS) is 12.4. The van der Waals surface area contributed by atoms with Crippen molar-refractivity contribution in [2.75, 3.05) is 7.05 Å². The van der Waals surface area contributed by atoms with Gasteiger partial charge in [0.2, 0.25) is 0 Å². The Morgan fingerprint density at radius 2 is 1.71 bits per heavy atom. The van der Waals surface area contributed by atoms with Crippen molar-refractivity contribution >= 4 is 16.7 Å². The molecule has 1 aromatic heterocycles. The Labute approximate surface area is 157 Å². The van der Waals surface area contributed by atoms with E-state index in [2.05, 4.69) is 4.98 Å². The van der Waals surface area contributed by atoms with E-state index in [9.17, 15) is 27.2 Å². The fourth-order valence-corrected chi connectivity index (χ4v) is 3.01. The van der Waals surface area contributed by atoms with E-state index >= 15 is 0 Å². The minimum Gasteiger partial charge on any atom is -0.335 e. The first-order valence-electron chi connectivity index (χ1n) is 8.36. The number of nitrogens with zero attached hydrogens (tertiary/aromatic N) is 1. The minimum absolute atomic E-state index is 0.0520. The molecule has 0 saturated carbocycles. The number of rotatable bonds is 4. The molecule has 0 aliphatic heterocycles. The number of amides is 1. The molecule has 0 unspecified atom stereocenters. The average Bonchev–Trinajstić information content (AvgIpc) is 2.68. The van der Waals surface area contributed by atoms with Gasteiger partial charge >= 0.3 is 0 Å². The number of aromatic amines is 1. The maximum atomic E-state index is 13.7. The first kappa shape index (κ1) is 19.6. The molecular weight excluding hydrogens is 376 g/mol. The number of carbonyl (C=O) groups is 1. The number of benzene rings is 2. The van der Waals surface area contributed by atoms with Crippen LogP contribution in [0.15, 0.2) is 47.4 Å². The Morgan fingerprint density at radius 3 is 2.36 bits per heavy atom. The summed E-state index contributed by atoms with van der Waals surface area (Å²) in [6, 6.07) is 6.15. The number of aromatic nitrogens is 1. The highest BCUT2D eigenvalue weighted by Gasteiger charge is 2.23. The van der Waals surface area contributed by atoms with Gasteiger partial charge in [0.05, 0.1) is 11.4 Å². The number of carbonyl (C=O) groups excluding carboxylic acids is 1. The zero-order valence-corrected chi connectivity index (χ0v) is 15.0. The molecule has 0 aliphatic carbocycles. The predicted molar refractivity (Wildman–Crippen MR) is 96.4 cm³/mol. The Kier molecular flexibility index (Phi) is 5.22. The van der Waals surface area contributed by atoms with Crippen molar-refractivity contribution < 1.29 is 22.4 Å². The van der Waals surface area contributed by atoms with E-state index in [1.807, 2.05) is 0 Å². The maximum Gasteiger partial charge on any atom is 0.263 e. The van der Waals surface area contributed by atoms with Crippen LogP contribution in [0, 0.1) is 11.6 Å². The van der Waals surface area contributed by atoms with Crippen LogP contribution in [0.25, 0.3) is 10.8 Å². The van der Waals surface area contributed by atoms with Gasteiger partial charge in [-0.3, -0.25) is 9.59 Å². The first-order chi connectivity index (χ1) is 13.2. The molecule has 1 N–H and O–H groups in total. The molecule has 0 spiro atoms. The van der Waals surface area contributed by atoms with E-state index in [0.717, 1.165) is 18.2 Å². The molecule has 3 rings (SSSR count). The van der Waals surface area contributed by atoms with E-state index < -0.39 is 35.6 Å². The van der Waals surface area contributed by atoms with Crippen molar-refractivity contribution in [3.63, 3.8) is 0 Å². The molecule has 3 aromatic rings. The van der Waals surface area contributed by atoms with Gasteiger partial charge < -0.3 is 9.88 Å². The summed E-state index contributed by atoms with van der Waals surface area (Å²) in [4.78, 5) is 28.4. The molecule has 0 fully saturated rings. The second-order valence-electron chi connectivity index (χ2n) is 6.40. The van der Waals surface area contributed by atoms with Gasteiger partial charge in [0.25, 0.3) is 17.9 Å². The highest BCUT2D eigenvalue weighted by molar-refractivity contribution is 5.95. The largest absolute Gasteiger partial charge is 0.335 e. The lowest BCUT2D eigenvalue weighted by atomic mass is 10.0. The van der Waals surface area contributed by atoms with E-state index in [4.69, 9.17) is 0 Å². The van der Waals surface area contributed by atoms with Crippen LogP contribution < -0.4 is 5.56 Å². The van der Waals surface area contributed by atoms with Crippen LogP contribution in [0.4, 0.5) is 17.6 Å². The van der Waals surface area contributed by atoms with Crippen LogP contribution in [-0.4, -0.2) is 22.8 Å². The zero-order chi connectivity index (χ0) is 20.6. The van der Waals surface area contributed by atoms with Gasteiger partial charge in [0.1, 0.15) is 0 Å². The number of hydrogen-bond donors (Lipinski definition) is 1. The summed E-state index contributed by atoms with van der Waals surface area (Å²) in [6.07, 6.45) is -1.39. The van der Waals surface area contributed by atoms with Crippen LogP contribution in [0.2, 0.25) is 0 Å². The Hall–Kier alpha value is -3.16. The molecule has 0 bridgehead atoms. The molecule has 0 radical (unpaired) electrons. The number of H-pyrrole nitrogens is 1. The Bertz CT molecular complexity index is 1110. The highest BCUT2D eigenvalue weighted by atomic mass is 19.3. The maximum absolute atomic E-state index is 13.7. The fourth-order valence-electron chi connectivity index (χ4n) is 3.01. The number of pyridine rings is 1. The van der Waals surface area contributed by atoms with Crippen molar-refractivity contribution in [3.05, 3.63) is 81.3 Å². The van der Waals surface area contributed by atoms with Crippen molar-refractivity contribution in [1.29, 1.82) is 0 Å². The lowest BCUT2D eigenvalue weighted by Crippen LogP contribution is -2.30. The fraction of sp³-hybridized carbons (Fsp3) is 0.200. The molecule has 2 aromatic carbocycles. The van der Waals surface area contributed by atoms with Gasteiger partial charge in [-0.2, -0.15) is 0 Å². The molecule has 1 heterocycles. The standard InChI is InChI=1S/C20H16F4N2O2/c1-10(26(2)20(28)12-5-3-4-11(6-12)18(23)24)15-9-25-19(27)14-8-17(22)16(21)7-13(14)15/h3-10,18H,1-2H3,(H,25,27)/t10-/m1/s1. The lowest BCUT2D eigenvalue weighted by molar-refractivity contribution is 0.0743. The Morgan fingerprint density at radius 1 is 1.07 bits per heavy atom. The first-order valence-corrected chi connectivity index (χ1v) is 8.36. The van der Waals surface area contributed by atoms with E-state index in [0.29, 0.717) is 5.56 Å². The summed E-state index contributed by atoms with van der Waals surface area (Å²) in [7, 11) is 1.46. The topological polar surface area (TPSA) is 53.2 Å². The lowest BCUT2D eigenvalue weighted by Gasteiger charge is -2.26. The van der Waals surface area contributed by atoms with Crippen molar-refractivity contribution in [1.82, 2.24) is 9.88 Å². The minimum atomic E-state index is -2.71. The summed E-state index contributed by atoms with van der Waals surface area (Å²) in [5.41, 5.74) is -0.421. The molecule has 4 nitrogen and oxygen atoms in total. The summed E-state index contributed by atoms with van der Waals surface area (Å²) in [5.74, 6) is -2.81. The average molecular weight is 392 g/mol. The van der Waals surface area contributed by atoms with E-state index in [-0.39, 0.29) is 21.9 Å². The smallest absolute Gasteiger partial charge is 0.263 e. The van der Waals surface area contributed by atoms with Crippen LogP contribution in [0.5, 0.6) is 0 Å². The molecule has 0 aliphatic rings. The molecule has 28 heavy (non-hydrogen) atoms. The van der Waals surface area contributed by atoms with Crippen molar-refractivity contribution in [2.45, 2.75) is 19.4 Å². The number of nitrogens with one attached hydrogen (secondary N) is 1. The van der Waals surface area contributed by atoms with E-state index in [1.54, 1.807) is 6.92 Å². The molecule has 1 amide bonds. The quantitative estimate of drug-likeness (QED) is 0.661. The van der Waals surface area contributed by atoms with Crippen LogP contribution in [-0.2, 0) is 0 Å². The van der Waals surface area contributed by atoms with Gasteiger partial charge in [0, 0.05) is 24.4 Å². The van der Waals surface area contributed by atoms with Gasteiger partial charge in [-0.1, -0.05) is 12.1 Å².